The van der Waals surface area contributed by atoms with Gasteiger partial charge in [0.25, 0.3) is 0 Å². The maximum Gasteiger partial charge on any atom is 0.0992 e. The largest absolute Gasteiger partial charge is 0.396 e. The number of anilines is 1. The zero-order valence-electron chi connectivity index (χ0n) is 10.8. The standard InChI is InChI=1S/C14H18BrN3O/c15-13-10-12(11-16)2-3-14(13)18-7-5-17(6-8-18)4-1-9-19/h2-3,10,19H,1,4-9H2. The van der Waals surface area contributed by atoms with E-state index >= 15 is 0 Å². The quantitative estimate of drug-likeness (QED) is 0.918. The zero-order valence-corrected chi connectivity index (χ0v) is 12.4. The van der Waals surface area contributed by atoms with Gasteiger partial charge in [0.2, 0.25) is 0 Å². The summed E-state index contributed by atoms with van der Waals surface area (Å²) in [5.41, 5.74) is 1.83. The molecule has 0 aliphatic carbocycles. The van der Waals surface area contributed by atoms with Gasteiger partial charge in [-0.05, 0) is 40.5 Å². The third kappa shape index (κ3) is 3.69. The molecule has 0 amide bonds. The van der Waals surface area contributed by atoms with Gasteiger partial charge in [0.1, 0.15) is 0 Å². The van der Waals surface area contributed by atoms with Crippen molar-refractivity contribution in [2.75, 3.05) is 44.2 Å². The lowest BCUT2D eigenvalue weighted by Crippen LogP contribution is -2.46. The third-order valence-corrected chi connectivity index (χ3v) is 4.06. The van der Waals surface area contributed by atoms with E-state index in [4.69, 9.17) is 10.4 Å². The fraction of sp³-hybridized carbons (Fsp3) is 0.500. The van der Waals surface area contributed by atoms with E-state index in [0.29, 0.717) is 5.56 Å². The number of rotatable bonds is 4. The molecule has 0 atom stereocenters. The van der Waals surface area contributed by atoms with Crippen molar-refractivity contribution in [3.63, 3.8) is 0 Å². The molecule has 1 aromatic carbocycles. The SMILES string of the molecule is N#Cc1ccc(N2CCN(CCCO)CC2)c(Br)c1. The van der Waals surface area contributed by atoms with Crippen LogP contribution in [0.1, 0.15) is 12.0 Å². The molecule has 0 saturated carbocycles. The molecule has 19 heavy (non-hydrogen) atoms. The number of nitrogens with zero attached hydrogens (tertiary/aromatic N) is 3. The summed E-state index contributed by atoms with van der Waals surface area (Å²) in [4.78, 5) is 4.71. The molecule has 2 rings (SSSR count). The molecule has 1 fully saturated rings. The Morgan fingerprint density at radius 2 is 2.00 bits per heavy atom. The molecule has 1 aliphatic heterocycles. The van der Waals surface area contributed by atoms with E-state index in [1.54, 1.807) is 0 Å². The van der Waals surface area contributed by atoms with Crippen LogP contribution in [0, 0.1) is 11.3 Å². The predicted molar refractivity (Wildman–Crippen MR) is 79.2 cm³/mol. The van der Waals surface area contributed by atoms with Gasteiger partial charge in [-0.2, -0.15) is 5.26 Å². The first-order valence-corrected chi connectivity index (χ1v) is 7.31. The zero-order chi connectivity index (χ0) is 13.7. The van der Waals surface area contributed by atoms with Crippen molar-refractivity contribution in [1.29, 1.82) is 5.26 Å². The van der Waals surface area contributed by atoms with Crippen LogP contribution in [0.15, 0.2) is 22.7 Å². The number of piperazine rings is 1. The normalized spacial score (nSPS) is 16.4. The summed E-state index contributed by atoms with van der Waals surface area (Å²) in [6.45, 7) is 5.24. The minimum atomic E-state index is 0.265. The van der Waals surface area contributed by atoms with E-state index in [2.05, 4.69) is 31.8 Å². The Balaban J connectivity index is 1.96. The van der Waals surface area contributed by atoms with Crippen molar-refractivity contribution in [2.24, 2.45) is 0 Å². The van der Waals surface area contributed by atoms with Gasteiger partial charge >= 0.3 is 0 Å². The van der Waals surface area contributed by atoms with Gasteiger partial charge in [0.05, 0.1) is 17.3 Å². The Morgan fingerprint density at radius 3 is 2.58 bits per heavy atom. The summed E-state index contributed by atoms with van der Waals surface area (Å²) in [5, 5.41) is 17.7. The lowest BCUT2D eigenvalue weighted by molar-refractivity contribution is 0.216. The van der Waals surface area contributed by atoms with Gasteiger partial charge in [-0.3, -0.25) is 4.90 Å². The van der Waals surface area contributed by atoms with Gasteiger partial charge < -0.3 is 10.0 Å². The summed E-state index contributed by atoms with van der Waals surface area (Å²) in [6, 6.07) is 7.88. The number of hydrogen-bond donors (Lipinski definition) is 1. The topological polar surface area (TPSA) is 50.5 Å². The molecular formula is C14H18BrN3O. The second-order valence-corrected chi connectivity index (χ2v) is 5.54. The number of halogens is 1. The van der Waals surface area contributed by atoms with E-state index in [-0.39, 0.29) is 6.61 Å². The van der Waals surface area contributed by atoms with Crippen molar-refractivity contribution in [2.45, 2.75) is 6.42 Å². The van der Waals surface area contributed by atoms with Crippen LogP contribution < -0.4 is 4.90 Å². The third-order valence-electron chi connectivity index (χ3n) is 3.42. The molecule has 0 unspecified atom stereocenters. The Morgan fingerprint density at radius 1 is 1.26 bits per heavy atom. The van der Waals surface area contributed by atoms with Crippen LogP contribution in [0.3, 0.4) is 0 Å². The molecule has 0 spiro atoms. The first kappa shape index (κ1) is 14.3. The molecule has 0 aromatic heterocycles. The predicted octanol–water partition coefficient (Wildman–Crippen LogP) is 1.83. The summed E-state index contributed by atoms with van der Waals surface area (Å²) in [6.07, 6.45) is 0.848. The highest BCUT2D eigenvalue weighted by Crippen LogP contribution is 2.28. The van der Waals surface area contributed by atoms with E-state index < -0.39 is 0 Å². The highest BCUT2D eigenvalue weighted by molar-refractivity contribution is 9.10. The van der Waals surface area contributed by atoms with Crippen LogP contribution >= 0.6 is 15.9 Å². The molecule has 1 saturated heterocycles. The highest BCUT2D eigenvalue weighted by atomic mass is 79.9. The van der Waals surface area contributed by atoms with Gasteiger partial charge in [-0.25, -0.2) is 0 Å². The molecule has 1 aliphatic rings. The average Bonchev–Trinajstić information content (AvgIpc) is 2.45. The molecule has 0 bridgehead atoms. The smallest absolute Gasteiger partial charge is 0.0992 e. The number of aliphatic hydroxyl groups is 1. The molecule has 5 heteroatoms. The monoisotopic (exact) mass is 323 g/mol. The van der Waals surface area contributed by atoms with Crippen LogP contribution in [0.2, 0.25) is 0 Å². The first-order chi connectivity index (χ1) is 9.24. The molecule has 1 aromatic rings. The Bertz CT molecular complexity index is 464. The van der Waals surface area contributed by atoms with Gasteiger partial charge in [-0.1, -0.05) is 0 Å². The van der Waals surface area contributed by atoms with Crippen molar-refractivity contribution >= 4 is 21.6 Å². The number of aliphatic hydroxyl groups excluding tert-OH is 1. The maximum absolute atomic E-state index is 8.87. The van der Waals surface area contributed by atoms with E-state index in [1.165, 1.54) is 0 Å². The summed E-state index contributed by atoms with van der Waals surface area (Å²) in [7, 11) is 0. The van der Waals surface area contributed by atoms with Gasteiger partial charge in [-0.15, -0.1) is 0 Å². The molecule has 1 N–H and O–H groups in total. The van der Waals surface area contributed by atoms with Crippen LogP contribution in [0.25, 0.3) is 0 Å². The second-order valence-electron chi connectivity index (χ2n) is 4.68. The fourth-order valence-corrected chi connectivity index (χ4v) is 2.97. The minimum absolute atomic E-state index is 0.265. The first-order valence-electron chi connectivity index (χ1n) is 6.52. The van der Waals surface area contributed by atoms with E-state index in [0.717, 1.165) is 49.3 Å². The van der Waals surface area contributed by atoms with Crippen LogP contribution in [0.5, 0.6) is 0 Å². The molecule has 102 valence electrons. The van der Waals surface area contributed by atoms with E-state index in [9.17, 15) is 0 Å². The van der Waals surface area contributed by atoms with Crippen LogP contribution in [0.4, 0.5) is 5.69 Å². The second kappa shape index (κ2) is 6.90. The Hall–Kier alpha value is -1.09. The van der Waals surface area contributed by atoms with E-state index in [1.807, 2.05) is 18.2 Å². The molecule has 1 heterocycles. The number of benzene rings is 1. The van der Waals surface area contributed by atoms with Crippen molar-refractivity contribution < 1.29 is 5.11 Å². The summed E-state index contributed by atoms with van der Waals surface area (Å²) in [5.74, 6) is 0. The summed E-state index contributed by atoms with van der Waals surface area (Å²) < 4.78 is 0.982. The maximum atomic E-state index is 8.87. The Kier molecular flexibility index (Phi) is 5.20. The highest BCUT2D eigenvalue weighted by Gasteiger charge is 2.18. The average molecular weight is 324 g/mol. The fourth-order valence-electron chi connectivity index (χ4n) is 2.34. The number of hydrogen-bond acceptors (Lipinski definition) is 4. The molecule has 0 radical (unpaired) electrons. The number of nitriles is 1. The lowest BCUT2D eigenvalue weighted by atomic mass is 10.2. The van der Waals surface area contributed by atoms with Gasteiger partial charge in [0.15, 0.2) is 0 Å². The van der Waals surface area contributed by atoms with Crippen LogP contribution in [-0.2, 0) is 0 Å². The molecular weight excluding hydrogens is 306 g/mol. The van der Waals surface area contributed by atoms with Crippen molar-refractivity contribution in [1.82, 2.24) is 4.90 Å². The molecule has 4 nitrogen and oxygen atoms in total. The minimum Gasteiger partial charge on any atom is -0.396 e. The van der Waals surface area contributed by atoms with Crippen LogP contribution in [-0.4, -0.2) is 49.3 Å². The van der Waals surface area contributed by atoms with Crippen molar-refractivity contribution in [3.05, 3.63) is 28.2 Å². The lowest BCUT2D eigenvalue weighted by Gasteiger charge is -2.36. The summed E-state index contributed by atoms with van der Waals surface area (Å²) >= 11 is 3.54. The van der Waals surface area contributed by atoms with Crippen molar-refractivity contribution in [3.8, 4) is 6.07 Å². The van der Waals surface area contributed by atoms with Gasteiger partial charge in [0, 0.05) is 43.8 Å². The Labute approximate surface area is 122 Å².